The van der Waals surface area contributed by atoms with Crippen LogP contribution in [0.2, 0.25) is 0 Å². The van der Waals surface area contributed by atoms with Gasteiger partial charge in [0.15, 0.2) is 0 Å². The van der Waals surface area contributed by atoms with Crippen LogP contribution in [0.25, 0.3) is 0 Å². The van der Waals surface area contributed by atoms with E-state index in [1.54, 1.807) is 12.1 Å². The van der Waals surface area contributed by atoms with Crippen LogP contribution in [0.4, 0.5) is 5.69 Å². The van der Waals surface area contributed by atoms with Gasteiger partial charge in [0.1, 0.15) is 0 Å². The van der Waals surface area contributed by atoms with Crippen molar-refractivity contribution < 1.29 is 13.5 Å². The van der Waals surface area contributed by atoms with E-state index in [0.29, 0.717) is 6.54 Å². The van der Waals surface area contributed by atoms with Crippen LogP contribution < -0.4 is 10.0 Å². The summed E-state index contributed by atoms with van der Waals surface area (Å²) in [5.41, 5.74) is 1.61. The van der Waals surface area contributed by atoms with E-state index in [4.69, 9.17) is 11.6 Å². The van der Waals surface area contributed by atoms with Crippen molar-refractivity contribution in [1.29, 1.82) is 0 Å². The molecule has 1 unspecified atom stereocenters. The molecule has 23 heavy (non-hydrogen) atoms. The highest BCUT2D eigenvalue weighted by molar-refractivity contribution is 7.89. The highest BCUT2D eigenvalue weighted by atomic mass is 35.5. The Morgan fingerprint density at radius 3 is 2.30 bits per heavy atom. The zero-order valence-corrected chi connectivity index (χ0v) is 14.0. The summed E-state index contributed by atoms with van der Waals surface area (Å²) in [6.45, 7) is 0.549. The Bertz CT molecular complexity index is 706. The molecule has 1 atom stereocenters. The van der Waals surface area contributed by atoms with E-state index in [1.807, 2.05) is 30.3 Å². The van der Waals surface area contributed by atoms with Gasteiger partial charge in [0.2, 0.25) is 10.0 Å². The van der Waals surface area contributed by atoms with E-state index in [2.05, 4.69) is 10.0 Å². The average Bonchev–Trinajstić information content (AvgIpc) is 2.59. The number of aliphatic hydroxyl groups excluding tert-OH is 1. The third-order valence-corrected chi connectivity index (χ3v) is 4.97. The fourth-order valence-electron chi connectivity index (χ4n) is 1.90. The summed E-state index contributed by atoms with van der Waals surface area (Å²) in [6, 6.07) is 15.7. The summed E-state index contributed by atoms with van der Waals surface area (Å²) < 4.78 is 27.0. The minimum Gasteiger partial charge on any atom is -0.390 e. The first-order valence-electron chi connectivity index (χ1n) is 7.13. The van der Waals surface area contributed by atoms with Crippen molar-refractivity contribution >= 4 is 27.3 Å². The number of alkyl halides is 1. The van der Waals surface area contributed by atoms with Crippen LogP contribution in [0.5, 0.6) is 0 Å². The summed E-state index contributed by atoms with van der Waals surface area (Å²) in [7, 11) is -3.56. The lowest BCUT2D eigenvalue weighted by Crippen LogP contribution is -2.23. The Labute approximate surface area is 141 Å². The molecular formula is C16H19ClN2O3S. The number of benzene rings is 2. The maximum Gasteiger partial charge on any atom is 0.240 e. The van der Waals surface area contributed by atoms with Crippen molar-refractivity contribution in [3.63, 3.8) is 0 Å². The molecule has 0 aliphatic heterocycles. The van der Waals surface area contributed by atoms with Crippen molar-refractivity contribution in [2.75, 3.05) is 17.7 Å². The zero-order chi connectivity index (χ0) is 16.7. The number of nitrogens with one attached hydrogen (secondary N) is 2. The van der Waals surface area contributed by atoms with E-state index in [1.165, 1.54) is 12.1 Å². The number of hydrogen-bond acceptors (Lipinski definition) is 4. The van der Waals surface area contributed by atoms with E-state index in [-0.39, 0.29) is 17.3 Å². The summed E-state index contributed by atoms with van der Waals surface area (Å²) in [6.07, 6.45) is -0.646. The predicted octanol–water partition coefficient (Wildman–Crippen LogP) is 2.18. The lowest BCUT2D eigenvalue weighted by atomic mass is 10.2. The van der Waals surface area contributed by atoms with E-state index in [0.717, 1.165) is 11.3 Å². The normalized spacial score (nSPS) is 12.8. The number of hydrogen-bond donors (Lipinski definition) is 3. The van der Waals surface area contributed by atoms with Gasteiger partial charge in [0.05, 0.1) is 16.9 Å². The van der Waals surface area contributed by atoms with Crippen LogP contribution >= 0.6 is 11.6 Å². The Balaban J connectivity index is 1.97. The minimum atomic E-state index is -3.56. The Kier molecular flexibility index (Phi) is 6.41. The highest BCUT2D eigenvalue weighted by Gasteiger charge is 2.13. The molecule has 0 aromatic heterocycles. The molecule has 0 amide bonds. The Morgan fingerprint density at radius 1 is 1.04 bits per heavy atom. The molecule has 0 fully saturated rings. The van der Waals surface area contributed by atoms with Crippen LogP contribution in [0.1, 0.15) is 5.56 Å². The number of rotatable bonds is 8. The van der Waals surface area contributed by atoms with Gasteiger partial charge in [-0.3, -0.25) is 0 Å². The number of sulfonamides is 1. The molecule has 0 bridgehead atoms. The zero-order valence-electron chi connectivity index (χ0n) is 12.4. The molecule has 124 valence electrons. The van der Waals surface area contributed by atoms with Gasteiger partial charge in [-0.05, 0) is 29.8 Å². The fraction of sp³-hybridized carbons (Fsp3) is 0.250. The number of aliphatic hydroxyl groups is 1. The first kappa shape index (κ1) is 17.7. The molecule has 0 saturated carbocycles. The lowest BCUT2D eigenvalue weighted by molar-refractivity contribution is 0.211. The van der Waals surface area contributed by atoms with Gasteiger partial charge in [0.25, 0.3) is 0 Å². The molecule has 0 spiro atoms. The molecule has 0 radical (unpaired) electrons. The third-order valence-electron chi connectivity index (χ3n) is 3.19. The number of anilines is 1. The Hall–Kier alpha value is -1.60. The maximum atomic E-state index is 12.2. The van der Waals surface area contributed by atoms with Crippen molar-refractivity contribution in [3.05, 3.63) is 60.2 Å². The monoisotopic (exact) mass is 354 g/mol. The van der Waals surface area contributed by atoms with Gasteiger partial charge in [-0.2, -0.15) is 0 Å². The van der Waals surface area contributed by atoms with Crippen LogP contribution in [0, 0.1) is 0 Å². The molecule has 2 aromatic rings. The van der Waals surface area contributed by atoms with Crippen molar-refractivity contribution in [3.8, 4) is 0 Å². The second-order valence-electron chi connectivity index (χ2n) is 5.02. The van der Waals surface area contributed by atoms with Crippen LogP contribution in [0.3, 0.4) is 0 Å². The second kappa shape index (κ2) is 8.31. The van der Waals surface area contributed by atoms with Gasteiger partial charge in [0, 0.05) is 18.8 Å². The average molecular weight is 355 g/mol. The van der Waals surface area contributed by atoms with E-state index < -0.39 is 16.1 Å². The number of halogens is 1. The molecule has 2 aromatic carbocycles. The summed E-state index contributed by atoms with van der Waals surface area (Å²) in [5.74, 6) is 0.142. The predicted molar refractivity (Wildman–Crippen MR) is 92.1 cm³/mol. The first-order valence-corrected chi connectivity index (χ1v) is 9.14. The second-order valence-corrected chi connectivity index (χ2v) is 7.10. The first-order chi connectivity index (χ1) is 11.0. The SMILES string of the molecule is O=S(=O)(NCc1ccccc1)c1ccc(NCC(O)CCl)cc1. The summed E-state index contributed by atoms with van der Waals surface area (Å²) in [5, 5.41) is 12.4. The van der Waals surface area contributed by atoms with E-state index >= 15 is 0 Å². The van der Waals surface area contributed by atoms with Crippen LogP contribution in [-0.4, -0.2) is 32.1 Å². The smallest absolute Gasteiger partial charge is 0.240 e. The molecule has 3 N–H and O–H groups in total. The standard InChI is InChI=1S/C16H19ClN2O3S/c17-10-15(20)12-18-14-6-8-16(9-7-14)23(21,22)19-11-13-4-2-1-3-5-13/h1-9,15,18-20H,10-12H2. The third kappa shape index (κ3) is 5.51. The molecular weight excluding hydrogens is 336 g/mol. The highest BCUT2D eigenvalue weighted by Crippen LogP contribution is 2.14. The molecule has 5 nitrogen and oxygen atoms in total. The molecule has 0 aliphatic carbocycles. The van der Waals surface area contributed by atoms with Crippen molar-refractivity contribution in [2.45, 2.75) is 17.5 Å². The fourth-order valence-corrected chi connectivity index (χ4v) is 3.03. The molecule has 0 heterocycles. The molecule has 0 aliphatic rings. The minimum absolute atomic E-state index is 0.142. The lowest BCUT2D eigenvalue weighted by Gasteiger charge is -2.11. The largest absolute Gasteiger partial charge is 0.390 e. The topological polar surface area (TPSA) is 78.4 Å². The Morgan fingerprint density at radius 2 is 1.70 bits per heavy atom. The quantitative estimate of drug-likeness (QED) is 0.635. The van der Waals surface area contributed by atoms with Crippen LogP contribution in [0.15, 0.2) is 59.5 Å². The summed E-state index contributed by atoms with van der Waals surface area (Å²) >= 11 is 5.51. The van der Waals surface area contributed by atoms with Gasteiger partial charge in [-0.15, -0.1) is 11.6 Å². The summed E-state index contributed by atoms with van der Waals surface area (Å²) in [4.78, 5) is 0.192. The van der Waals surface area contributed by atoms with Crippen molar-refractivity contribution in [1.82, 2.24) is 4.72 Å². The molecule has 7 heteroatoms. The van der Waals surface area contributed by atoms with E-state index in [9.17, 15) is 13.5 Å². The maximum absolute atomic E-state index is 12.2. The van der Waals surface area contributed by atoms with Crippen molar-refractivity contribution in [2.24, 2.45) is 0 Å². The van der Waals surface area contributed by atoms with Crippen LogP contribution in [-0.2, 0) is 16.6 Å². The van der Waals surface area contributed by atoms with Gasteiger partial charge >= 0.3 is 0 Å². The van der Waals surface area contributed by atoms with Gasteiger partial charge < -0.3 is 10.4 Å². The molecule has 0 saturated heterocycles. The van der Waals surface area contributed by atoms with Gasteiger partial charge in [-0.25, -0.2) is 13.1 Å². The molecule has 2 rings (SSSR count). The van der Waals surface area contributed by atoms with Gasteiger partial charge in [-0.1, -0.05) is 30.3 Å².